The van der Waals surface area contributed by atoms with Gasteiger partial charge >= 0.3 is 0 Å². The second-order valence-corrected chi connectivity index (χ2v) is 6.42. The Labute approximate surface area is 133 Å². The summed E-state index contributed by atoms with van der Waals surface area (Å²) >= 11 is 0. The van der Waals surface area contributed by atoms with Crippen LogP contribution in [0.2, 0.25) is 0 Å². The van der Waals surface area contributed by atoms with Gasteiger partial charge in [0.15, 0.2) is 11.6 Å². The van der Waals surface area contributed by atoms with Crippen LogP contribution in [-0.4, -0.2) is 38.2 Å². The Bertz CT molecular complexity index is 456. The number of nitrogens with zero attached hydrogens (tertiary/aromatic N) is 1. The molecular weight excluding hydrogens is 291 g/mol. The molecule has 0 unspecified atom stereocenters. The fraction of sp³-hybridized carbons (Fsp3) is 0.625. The summed E-state index contributed by atoms with van der Waals surface area (Å²) in [5.41, 5.74) is 0.698. The van der Waals surface area contributed by atoms with Crippen LogP contribution in [0.5, 0.6) is 5.75 Å². The van der Waals surface area contributed by atoms with Crippen LogP contribution in [0, 0.1) is 11.2 Å². The predicted octanol–water partition coefficient (Wildman–Crippen LogP) is 3.25. The van der Waals surface area contributed by atoms with Gasteiger partial charge in [-0.3, -0.25) is 4.90 Å². The first-order valence-electron chi connectivity index (χ1n) is 7.22. The molecule has 0 spiro atoms. The van der Waals surface area contributed by atoms with Crippen molar-refractivity contribution in [1.82, 2.24) is 10.2 Å². The molecule has 2 rings (SSSR count). The second-order valence-electron chi connectivity index (χ2n) is 6.42. The first-order valence-corrected chi connectivity index (χ1v) is 7.22. The summed E-state index contributed by atoms with van der Waals surface area (Å²) in [6, 6.07) is 5.49. The van der Waals surface area contributed by atoms with Crippen molar-refractivity contribution in [1.29, 1.82) is 0 Å². The van der Waals surface area contributed by atoms with Gasteiger partial charge in [0.1, 0.15) is 0 Å². The number of halogens is 2. The highest BCUT2D eigenvalue weighted by Crippen LogP contribution is 2.40. The normalized spacial score (nSPS) is 18.0. The van der Waals surface area contributed by atoms with E-state index in [1.54, 1.807) is 6.07 Å². The van der Waals surface area contributed by atoms with Gasteiger partial charge in [0.2, 0.25) is 0 Å². The third-order valence-corrected chi connectivity index (χ3v) is 3.84. The number of rotatable bonds is 3. The number of ether oxygens (including phenoxy) is 1. The summed E-state index contributed by atoms with van der Waals surface area (Å²) in [7, 11) is 1.51. The Balaban J connectivity index is 0.00000220. The quantitative estimate of drug-likeness (QED) is 0.926. The molecule has 1 atom stereocenters. The highest BCUT2D eigenvalue weighted by molar-refractivity contribution is 5.85. The molecule has 1 aromatic carbocycles. The maximum Gasteiger partial charge on any atom is 0.169 e. The Morgan fingerprint density at radius 2 is 1.86 bits per heavy atom. The summed E-state index contributed by atoms with van der Waals surface area (Å²) in [6.07, 6.45) is 0. The van der Waals surface area contributed by atoms with Crippen molar-refractivity contribution in [2.24, 2.45) is 5.41 Å². The van der Waals surface area contributed by atoms with Crippen LogP contribution in [0.15, 0.2) is 18.2 Å². The molecule has 0 bridgehead atoms. The van der Waals surface area contributed by atoms with E-state index < -0.39 is 0 Å². The van der Waals surface area contributed by atoms with E-state index in [0.717, 1.165) is 31.7 Å². The van der Waals surface area contributed by atoms with Crippen LogP contribution in [0.4, 0.5) is 4.39 Å². The van der Waals surface area contributed by atoms with Gasteiger partial charge < -0.3 is 10.1 Å². The van der Waals surface area contributed by atoms with Crippen LogP contribution in [0.1, 0.15) is 32.4 Å². The molecule has 21 heavy (non-hydrogen) atoms. The van der Waals surface area contributed by atoms with Crippen molar-refractivity contribution < 1.29 is 9.13 Å². The van der Waals surface area contributed by atoms with Gasteiger partial charge in [0.05, 0.1) is 7.11 Å². The monoisotopic (exact) mass is 316 g/mol. The van der Waals surface area contributed by atoms with Crippen molar-refractivity contribution >= 4 is 12.4 Å². The zero-order chi connectivity index (χ0) is 14.8. The van der Waals surface area contributed by atoms with Crippen molar-refractivity contribution in [3.8, 4) is 5.75 Å². The zero-order valence-electron chi connectivity index (χ0n) is 13.3. The average Bonchev–Trinajstić information content (AvgIpc) is 2.41. The Hall–Kier alpha value is -0.840. The van der Waals surface area contributed by atoms with Crippen LogP contribution in [0.25, 0.3) is 0 Å². The lowest BCUT2D eigenvalue weighted by Crippen LogP contribution is -2.48. The minimum absolute atomic E-state index is 0. The lowest BCUT2D eigenvalue weighted by Gasteiger charge is -2.42. The molecule has 1 aliphatic heterocycles. The number of methoxy groups -OCH3 is 1. The van der Waals surface area contributed by atoms with Crippen LogP contribution < -0.4 is 10.1 Å². The Morgan fingerprint density at radius 3 is 2.38 bits per heavy atom. The molecule has 1 N–H and O–H groups in total. The largest absolute Gasteiger partial charge is 0.494 e. The fourth-order valence-corrected chi connectivity index (χ4v) is 3.05. The van der Waals surface area contributed by atoms with E-state index in [-0.39, 0.29) is 29.7 Å². The standard InChI is InChI=1S/C16H25FN2O.ClH/c1-16(2,3)15(19-10-8-18-9-11-19)12-6-5-7-13(20-4)14(12)17;/h5-7,15,18H,8-11H2,1-4H3;1H/t15-;/m0./s1. The summed E-state index contributed by atoms with van der Waals surface area (Å²) in [6.45, 7) is 10.3. The molecule has 0 saturated carbocycles. The molecule has 5 heteroatoms. The van der Waals surface area contributed by atoms with Gasteiger partial charge in [-0.05, 0) is 11.5 Å². The molecule has 1 aromatic rings. The first-order chi connectivity index (χ1) is 9.45. The third-order valence-electron chi connectivity index (χ3n) is 3.84. The van der Waals surface area contributed by atoms with Gasteiger partial charge in [-0.25, -0.2) is 4.39 Å². The van der Waals surface area contributed by atoms with Crippen molar-refractivity contribution in [2.45, 2.75) is 26.8 Å². The summed E-state index contributed by atoms with van der Waals surface area (Å²) < 4.78 is 19.8. The van der Waals surface area contributed by atoms with E-state index in [1.165, 1.54) is 7.11 Å². The molecule has 0 aliphatic carbocycles. The molecule has 1 aliphatic rings. The van der Waals surface area contributed by atoms with E-state index in [9.17, 15) is 4.39 Å². The smallest absolute Gasteiger partial charge is 0.169 e. The van der Waals surface area contributed by atoms with E-state index in [1.807, 2.05) is 12.1 Å². The molecular formula is C16H26ClFN2O. The molecule has 0 radical (unpaired) electrons. The molecule has 1 heterocycles. The van der Waals surface area contributed by atoms with Gasteiger partial charge in [0, 0.05) is 37.8 Å². The molecule has 120 valence electrons. The second kappa shape index (κ2) is 7.43. The van der Waals surface area contributed by atoms with Crippen molar-refractivity contribution in [2.75, 3.05) is 33.3 Å². The topological polar surface area (TPSA) is 24.5 Å². The summed E-state index contributed by atoms with van der Waals surface area (Å²) in [5.74, 6) is 0.0975. The number of hydrogen-bond acceptors (Lipinski definition) is 3. The van der Waals surface area contributed by atoms with Crippen LogP contribution in [0.3, 0.4) is 0 Å². The van der Waals surface area contributed by atoms with Crippen LogP contribution in [-0.2, 0) is 0 Å². The predicted molar refractivity (Wildman–Crippen MR) is 86.8 cm³/mol. The number of hydrogen-bond donors (Lipinski definition) is 1. The minimum Gasteiger partial charge on any atom is -0.494 e. The van der Waals surface area contributed by atoms with Crippen LogP contribution >= 0.6 is 12.4 Å². The number of piperazine rings is 1. The highest BCUT2D eigenvalue weighted by Gasteiger charge is 2.34. The maximum atomic E-state index is 14.6. The average molecular weight is 317 g/mol. The highest BCUT2D eigenvalue weighted by atomic mass is 35.5. The van der Waals surface area contributed by atoms with E-state index in [0.29, 0.717) is 5.75 Å². The maximum absolute atomic E-state index is 14.6. The SMILES string of the molecule is COc1cccc([C@H](N2CCNCC2)C(C)(C)C)c1F.Cl. The first kappa shape index (κ1) is 18.2. The molecule has 1 saturated heterocycles. The van der Waals surface area contributed by atoms with Crippen molar-refractivity contribution in [3.05, 3.63) is 29.6 Å². The molecule has 0 amide bonds. The van der Waals surface area contributed by atoms with E-state index in [4.69, 9.17) is 4.74 Å². The fourth-order valence-electron chi connectivity index (χ4n) is 3.05. The van der Waals surface area contributed by atoms with Gasteiger partial charge in [-0.2, -0.15) is 0 Å². The van der Waals surface area contributed by atoms with E-state index in [2.05, 4.69) is 31.0 Å². The third kappa shape index (κ3) is 4.09. The lowest BCUT2D eigenvalue weighted by atomic mass is 9.80. The Kier molecular flexibility index (Phi) is 6.44. The molecule has 1 fully saturated rings. The van der Waals surface area contributed by atoms with E-state index >= 15 is 0 Å². The molecule has 0 aromatic heterocycles. The Morgan fingerprint density at radius 1 is 1.24 bits per heavy atom. The van der Waals surface area contributed by atoms with Gasteiger partial charge in [0.25, 0.3) is 0 Å². The van der Waals surface area contributed by atoms with Gasteiger partial charge in [-0.15, -0.1) is 12.4 Å². The minimum atomic E-state index is -0.228. The summed E-state index contributed by atoms with van der Waals surface area (Å²) in [4.78, 5) is 2.37. The summed E-state index contributed by atoms with van der Waals surface area (Å²) in [5, 5.41) is 3.35. The van der Waals surface area contributed by atoms with Crippen molar-refractivity contribution in [3.63, 3.8) is 0 Å². The lowest BCUT2D eigenvalue weighted by molar-refractivity contribution is 0.0830. The zero-order valence-corrected chi connectivity index (χ0v) is 14.1. The number of nitrogens with one attached hydrogen (secondary N) is 1. The molecule has 3 nitrogen and oxygen atoms in total. The van der Waals surface area contributed by atoms with Gasteiger partial charge in [-0.1, -0.05) is 32.9 Å². The number of benzene rings is 1.